The van der Waals surface area contributed by atoms with Gasteiger partial charge in [-0.1, -0.05) is 25.0 Å². The van der Waals surface area contributed by atoms with Crippen LogP contribution in [0.3, 0.4) is 0 Å². The van der Waals surface area contributed by atoms with Gasteiger partial charge in [0.2, 0.25) is 15.9 Å². The van der Waals surface area contributed by atoms with E-state index in [4.69, 9.17) is 0 Å². The SMILES string of the molecule is C[C@H](O)CN(C)C(=O)/C=C/c1ccc(S(=O)(=O)N2CCCCCC2)cc1. The minimum Gasteiger partial charge on any atom is -0.392 e. The molecule has 0 aliphatic carbocycles. The molecule has 144 valence electrons. The Balaban J connectivity index is 2.05. The molecule has 1 aliphatic heterocycles. The highest BCUT2D eigenvalue weighted by Gasteiger charge is 2.24. The number of likely N-dealkylation sites (N-methyl/N-ethyl adjacent to an activating group) is 1. The van der Waals surface area contributed by atoms with Crippen LogP contribution in [-0.4, -0.2) is 61.4 Å². The van der Waals surface area contributed by atoms with Crippen molar-refractivity contribution in [2.45, 2.75) is 43.6 Å². The quantitative estimate of drug-likeness (QED) is 0.767. The highest BCUT2D eigenvalue weighted by Crippen LogP contribution is 2.21. The van der Waals surface area contributed by atoms with E-state index in [1.54, 1.807) is 48.6 Å². The third-order valence-electron chi connectivity index (χ3n) is 4.42. The Labute approximate surface area is 156 Å². The Morgan fingerprint density at radius 1 is 1.19 bits per heavy atom. The first-order valence-corrected chi connectivity index (χ1v) is 10.5. The molecule has 1 heterocycles. The fraction of sp³-hybridized carbons (Fsp3) is 0.526. The number of carbonyl (C=O) groups excluding carboxylic acids is 1. The van der Waals surface area contributed by atoms with Crippen molar-refractivity contribution in [1.82, 2.24) is 9.21 Å². The molecule has 0 spiro atoms. The molecule has 1 aromatic carbocycles. The Morgan fingerprint density at radius 2 is 1.77 bits per heavy atom. The summed E-state index contributed by atoms with van der Waals surface area (Å²) in [6.07, 6.45) is 6.44. The van der Waals surface area contributed by atoms with Crippen LogP contribution in [0.15, 0.2) is 35.2 Å². The summed E-state index contributed by atoms with van der Waals surface area (Å²) in [7, 11) is -1.83. The zero-order chi connectivity index (χ0) is 19.2. The second kappa shape index (κ2) is 9.30. The van der Waals surface area contributed by atoms with Crippen molar-refractivity contribution in [1.29, 1.82) is 0 Å². The maximum atomic E-state index is 12.7. The maximum absolute atomic E-state index is 12.7. The number of aliphatic hydroxyl groups excluding tert-OH is 1. The van der Waals surface area contributed by atoms with E-state index in [2.05, 4.69) is 0 Å². The van der Waals surface area contributed by atoms with Crippen LogP contribution in [0.25, 0.3) is 6.08 Å². The summed E-state index contributed by atoms with van der Waals surface area (Å²) in [4.78, 5) is 13.7. The second-order valence-corrected chi connectivity index (χ2v) is 8.73. The summed E-state index contributed by atoms with van der Waals surface area (Å²) >= 11 is 0. The molecule has 6 nitrogen and oxygen atoms in total. The number of sulfonamides is 1. The molecule has 1 aromatic rings. The Hall–Kier alpha value is -1.70. The summed E-state index contributed by atoms with van der Waals surface area (Å²) in [6, 6.07) is 6.57. The van der Waals surface area contributed by atoms with E-state index < -0.39 is 16.1 Å². The van der Waals surface area contributed by atoms with Gasteiger partial charge in [-0.05, 0) is 43.5 Å². The van der Waals surface area contributed by atoms with Crippen molar-refractivity contribution in [3.8, 4) is 0 Å². The largest absolute Gasteiger partial charge is 0.392 e. The number of benzene rings is 1. The van der Waals surface area contributed by atoms with E-state index in [9.17, 15) is 18.3 Å². The van der Waals surface area contributed by atoms with Gasteiger partial charge >= 0.3 is 0 Å². The monoisotopic (exact) mass is 380 g/mol. The lowest BCUT2D eigenvalue weighted by Gasteiger charge is -2.20. The van der Waals surface area contributed by atoms with E-state index in [1.165, 1.54) is 11.0 Å². The number of rotatable bonds is 6. The van der Waals surface area contributed by atoms with Crippen molar-refractivity contribution in [3.05, 3.63) is 35.9 Å². The average molecular weight is 381 g/mol. The lowest BCUT2D eigenvalue weighted by molar-refractivity contribution is -0.125. The molecule has 1 saturated heterocycles. The standard InChI is InChI=1S/C19H28N2O4S/c1-16(22)15-20(2)19(23)12-9-17-7-10-18(11-8-17)26(24,25)21-13-5-3-4-6-14-21/h7-12,16,22H,3-6,13-15H2,1-2H3/b12-9+/t16-/m0/s1. The topological polar surface area (TPSA) is 77.9 Å². The first-order chi connectivity index (χ1) is 12.3. The van der Waals surface area contributed by atoms with Gasteiger partial charge in [0, 0.05) is 32.8 Å². The molecule has 1 atom stereocenters. The molecule has 0 bridgehead atoms. The molecule has 0 saturated carbocycles. The summed E-state index contributed by atoms with van der Waals surface area (Å²) in [5, 5.41) is 9.31. The minimum absolute atomic E-state index is 0.216. The lowest BCUT2D eigenvalue weighted by Crippen LogP contribution is -2.31. The van der Waals surface area contributed by atoms with Crippen LogP contribution >= 0.6 is 0 Å². The average Bonchev–Trinajstić information content (AvgIpc) is 2.89. The predicted octanol–water partition coefficient (Wildman–Crippen LogP) is 2.10. The molecule has 0 unspecified atom stereocenters. The molecule has 1 amide bonds. The van der Waals surface area contributed by atoms with Crippen LogP contribution in [0.1, 0.15) is 38.2 Å². The van der Waals surface area contributed by atoms with Crippen LogP contribution in [0.5, 0.6) is 0 Å². The molecule has 1 aliphatic rings. The normalized spacial score (nSPS) is 17.8. The van der Waals surface area contributed by atoms with Gasteiger partial charge in [0.15, 0.2) is 0 Å². The van der Waals surface area contributed by atoms with E-state index in [0.717, 1.165) is 31.2 Å². The third-order valence-corrected chi connectivity index (χ3v) is 6.33. The summed E-state index contributed by atoms with van der Waals surface area (Å²) < 4.78 is 27.0. The Morgan fingerprint density at radius 3 is 2.31 bits per heavy atom. The number of aliphatic hydroxyl groups is 1. The van der Waals surface area contributed by atoms with Crippen LogP contribution in [0.2, 0.25) is 0 Å². The van der Waals surface area contributed by atoms with E-state index in [-0.39, 0.29) is 17.3 Å². The van der Waals surface area contributed by atoms with Gasteiger partial charge in [0.1, 0.15) is 0 Å². The smallest absolute Gasteiger partial charge is 0.246 e. The molecule has 0 aromatic heterocycles. The van der Waals surface area contributed by atoms with Gasteiger partial charge in [0.05, 0.1) is 11.0 Å². The number of hydrogen-bond acceptors (Lipinski definition) is 4. The Bertz CT molecular complexity index is 718. The maximum Gasteiger partial charge on any atom is 0.246 e. The summed E-state index contributed by atoms with van der Waals surface area (Å²) in [5.41, 5.74) is 0.749. The highest BCUT2D eigenvalue weighted by atomic mass is 32.2. The van der Waals surface area contributed by atoms with Crippen molar-refractivity contribution < 1.29 is 18.3 Å². The van der Waals surface area contributed by atoms with E-state index in [0.29, 0.717) is 13.1 Å². The van der Waals surface area contributed by atoms with Gasteiger partial charge in [-0.2, -0.15) is 4.31 Å². The fourth-order valence-electron chi connectivity index (χ4n) is 2.96. The van der Waals surface area contributed by atoms with Gasteiger partial charge < -0.3 is 10.0 Å². The van der Waals surface area contributed by atoms with Crippen LogP contribution in [-0.2, 0) is 14.8 Å². The van der Waals surface area contributed by atoms with Crippen molar-refractivity contribution >= 4 is 22.0 Å². The molecule has 1 N–H and O–H groups in total. The second-order valence-electron chi connectivity index (χ2n) is 6.79. The first kappa shape index (κ1) is 20.6. The number of amides is 1. The summed E-state index contributed by atoms with van der Waals surface area (Å²) in [5.74, 6) is -0.216. The van der Waals surface area contributed by atoms with Gasteiger partial charge in [0.25, 0.3) is 0 Å². The molecule has 26 heavy (non-hydrogen) atoms. The van der Waals surface area contributed by atoms with Crippen LogP contribution < -0.4 is 0 Å². The number of hydrogen-bond donors (Lipinski definition) is 1. The molecular formula is C19H28N2O4S. The van der Waals surface area contributed by atoms with Crippen molar-refractivity contribution in [2.75, 3.05) is 26.7 Å². The molecule has 0 radical (unpaired) electrons. The van der Waals surface area contributed by atoms with E-state index in [1.807, 2.05) is 0 Å². The predicted molar refractivity (Wildman–Crippen MR) is 102 cm³/mol. The van der Waals surface area contributed by atoms with Crippen LogP contribution in [0, 0.1) is 0 Å². The zero-order valence-corrected chi connectivity index (χ0v) is 16.3. The van der Waals surface area contributed by atoms with Gasteiger partial charge in [-0.3, -0.25) is 4.79 Å². The lowest BCUT2D eigenvalue weighted by atomic mass is 10.2. The fourth-order valence-corrected chi connectivity index (χ4v) is 4.48. The third kappa shape index (κ3) is 5.65. The molecule has 1 fully saturated rings. The number of nitrogens with zero attached hydrogens (tertiary/aromatic N) is 2. The number of carbonyl (C=O) groups is 1. The molecule has 7 heteroatoms. The summed E-state index contributed by atoms with van der Waals surface area (Å²) in [6.45, 7) is 3.04. The van der Waals surface area contributed by atoms with E-state index >= 15 is 0 Å². The van der Waals surface area contributed by atoms with Crippen LogP contribution in [0.4, 0.5) is 0 Å². The highest BCUT2D eigenvalue weighted by molar-refractivity contribution is 7.89. The van der Waals surface area contributed by atoms with Crippen molar-refractivity contribution in [2.24, 2.45) is 0 Å². The van der Waals surface area contributed by atoms with Gasteiger partial charge in [-0.25, -0.2) is 8.42 Å². The minimum atomic E-state index is -3.45. The van der Waals surface area contributed by atoms with Gasteiger partial charge in [-0.15, -0.1) is 0 Å². The van der Waals surface area contributed by atoms with Crippen molar-refractivity contribution in [3.63, 3.8) is 0 Å². The molecule has 2 rings (SSSR count). The Kier molecular flexibility index (Phi) is 7.37. The first-order valence-electron chi connectivity index (χ1n) is 9.02. The zero-order valence-electron chi connectivity index (χ0n) is 15.5. The molecular weight excluding hydrogens is 352 g/mol.